The van der Waals surface area contributed by atoms with Gasteiger partial charge in [0.1, 0.15) is 5.82 Å². The fraction of sp³-hybridized carbons (Fsp3) is 0.227. The van der Waals surface area contributed by atoms with Crippen LogP contribution in [0, 0.1) is 0 Å². The second-order valence-corrected chi connectivity index (χ2v) is 6.96. The number of hydrogen-bond acceptors (Lipinski definition) is 4. The van der Waals surface area contributed by atoms with Crippen LogP contribution in [-0.4, -0.2) is 47.0 Å². The van der Waals surface area contributed by atoms with Crippen LogP contribution in [0.15, 0.2) is 66.9 Å². The lowest BCUT2D eigenvalue weighted by Gasteiger charge is -2.35. The number of hydrogen-bond donors (Lipinski definition) is 0. The van der Waals surface area contributed by atoms with Gasteiger partial charge in [-0.25, -0.2) is 9.97 Å². The number of amides is 1. The summed E-state index contributed by atoms with van der Waals surface area (Å²) in [5.41, 5.74) is 0.144. The Kier molecular flexibility index (Phi) is 5.39. The lowest BCUT2D eigenvalue weighted by atomic mass is 10.1. The molecule has 154 valence electrons. The molecule has 2 aromatic carbocycles. The molecular weight excluding hydrogens is 393 g/mol. The number of carbonyl (C=O) groups excluding carboxylic acids is 1. The van der Waals surface area contributed by atoms with Crippen LogP contribution in [0.4, 0.5) is 19.0 Å². The summed E-state index contributed by atoms with van der Waals surface area (Å²) in [6.07, 6.45) is -2.77. The monoisotopic (exact) mass is 412 g/mol. The average molecular weight is 412 g/mol. The van der Waals surface area contributed by atoms with Gasteiger partial charge in [0, 0.05) is 43.5 Å². The zero-order valence-corrected chi connectivity index (χ0v) is 16.0. The minimum atomic E-state index is -4.47. The molecule has 1 aromatic heterocycles. The van der Waals surface area contributed by atoms with Crippen molar-refractivity contribution in [3.63, 3.8) is 0 Å². The highest BCUT2D eigenvalue weighted by Gasteiger charge is 2.31. The van der Waals surface area contributed by atoms with E-state index in [9.17, 15) is 18.0 Å². The van der Waals surface area contributed by atoms with E-state index in [1.165, 1.54) is 12.1 Å². The van der Waals surface area contributed by atoms with Crippen molar-refractivity contribution in [1.82, 2.24) is 14.9 Å². The molecule has 30 heavy (non-hydrogen) atoms. The van der Waals surface area contributed by atoms with Gasteiger partial charge in [-0.15, -0.1) is 0 Å². The van der Waals surface area contributed by atoms with Crippen LogP contribution >= 0.6 is 0 Å². The van der Waals surface area contributed by atoms with Crippen LogP contribution in [0.5, 0.6) is 0 Å². The van der Waals surface area contributed by atoms with E-state index in [1.54, 1.807) is 11.1 Å². The van der Waals surface area contributed by atoms with Gasteiger partial charge in [-0.05, 0) is 24.3 Å². The molecule has 0 N–H and O–H groups in total. The van der Waals surface area contributed by atoms with Gasteiger partial charge in [0.05, 0.1) is 5.56 Å². The highest BCUT2D eigenvalue weighted by molar-refractivity contribution is 5.94. The van der Waals surface area contributed by atoms with Crippen LogP contribution < -0.4 is 4.90 Å². The Hall–Kier alpha value is -3.42. The molecule has 4 rings (SSSR count). The summed E-state index contributed by atoms with van der Waals surface area (Å²) in [6.45, 7) is 1.88. The third kappa shape index (κ3) is 4.27. The maximum atomic E-state index is 12.9. The number of rotatable bonds is 3. The molecule has 1 aliphatic rings. The second-order valence-electron chi connectivity index (χ2n) is 6.96. The minimum Gasteiger partial charge on any atom is -0.353 e. The second kappa shape index (κ2) is 8.14. The van der Waals surface area contributed by atoms with E-state index in [0.29, 0.717) is 32.0 Å². The molecule has 2 heterocycles. The van der Waals surface area contributed by atoms with Crippen LogP contribution in [0.3, 0.4) is 0 Å². The normalized spacial score (nSPS) is 14.6. The summed E-state index contributed by atoms with van der Waals surface area (Å²) in [6, 6.07) is 16.0. The van der Waals surface area contributed by atoms with Crippen molar-refractivity contribution in [3.05, 3.63) is 78.0 Å². The van der Waals surface area contributed by atoms with Gasteiger partial charge in [0.15, 0.2) is 5.82 Å². The largest absolute Gasteiger partial charge is 0.416 e. The number of anilines is 1. The summed E-state index contributed by atoms with van der Waals surface area (Å²) >= 11 is 0. The van der Waals surface area contributed by atoms with E-state index in [-0.39, 0.29) is 5.56 Å². The number of alkyl halides is 3. The van der Waals surface area contributed by atoms with Crippen molar-refractivity contribution in [2.45, 2.75) is 6.18 Å². The Morgan fingerprint density at radius 1 is 0.900 bits per heavy atom. The molecule has 1 fully saturated rings. The molecule has 1 amide bonds. The molecule has 0 spiro atoms. The SMILES string of the molecule is O=C(c1cccc(C(F)(F)F)c1)N1CCN(c2ccnc(-c3ccccc3)n2)CC1. The van der Waals surface area contributed by atoms with Gasteiger partial charge in [-0.2, -0.15) is 13.2 Å². The van der Waals surface area contributed by atoms with Crippen LogP contribution in [0.2, 0.25) is 0 Å². The van der Waals surface area contributed by atoms with Gasteiger partial charge < -0.3 is 9.80 Å². The van der Waals surface area contributed by atoms with Crippen LogP contribution in [-0.2, 0) is 6.18 Å². The molecular formula is C22H19F3N4O. The van der Waals surface area contributed by atoms with Gasteiger partial charge >= 0.3 is 6.18 Å². The number of halogens is 3. The van der Waals surface area contributed by atoms with Crippen molar-refractivity contribution in [3.8, 4) is 11.4 Å². The van der Waals surface area contributed by atoms with Gasteiger partial charge in [0.25, 0.3) is 5.91 Å². The van der Waals surface area contributed by atoms with Gasteiger partial charge in [-0.3, -0.25) is 4.79 Å². The quantitative estimate of drug-likeness (QED) is 0.649. The first-order chi connectivity index (χ1) is 14.4. The Bertz CT molecular complexity index is 1030. The minimum absolute atomic E-state index is 0.0478. The Balaban J connectivity index is 1.44. The predicted octanol–water partition coefficient (Wildman–Crippen LogP) is 4.12. The molecule has 0 radical (unpaired) electrons. The van der Waals surface area contributed by atoms with E-state index >= 15 is 0 Å². The average Bonchev–Trinajstić information content (AvgIpc) is 2.79. The van der Waals surface area contributed by atoms with E-state index in [0.717, 1.165) is 23.5 Å². The third-order valence-corrected chi connectivity index (χ3v) is 5.00. The highest BCUT2D eigenvalue weighted by atomic mass is 19.4. The van der Waals surface area contributed by atoms with E-state index in [4.69, 9.17) is 0 Å². The Labute approximate surface area is 171 Å². The number of carbonyl (C=O) groups is 1. The Morgan fingerprint density at radius 2 is 1.63 bits per heavy atom. The summed E-state index contributed by atoms with van der Waals surface area (Å²) in [4.78, 5) is 25.2. The fourth-order valence-electron chi connectivity index (χ4n) is 3.40. The van der Waals surface area contributed by atoms with Crippen molar-refractivity contribution in [2.75, 3.05) is 31.1 Å². The highest BCUT2D eigenvalue weighted by Crippen LogP contribution is 2.30. The molecule has 0 saturated carbocycles. The smallest absolute Gasteiger partial charge is 0.353 e. The lowest BCUT2D eigenvalue weighted by Crippen LogP contribution is -2.49. The molecule has 0 bridgehead atoms. The van der Waals surface area contributed by atoms with Crippen molar-refractivity contribution < 1.29 is 18.0 Å². The van der Waals surface area contributed by atoms with E-state index in [1.807, 2.05) is 41.3 Å². The number of benzene rings is 2. The number of nitrogens with zero attached hydrogens (tertiary/aromatic N) is 4. The molecule has 0 atom stereocenters. The number of piperazine rings is 1. The summed E-state index contributed by atoms with van der Waals surface area (Å²) < 4.78 is 38.8. The van der Waals surface area contributed by atoms with E-state index < -0.39 is 17.6 Å². The van der Waals surface area contributed by atoms with Crippen LogP contribution in [0.25, 0.3) is 11.4 Å². The standard InChI is InChI=1S/C22H19F3N4O/c23-22(24,25)18-8-4-7-17(15-18)21(30)29-13-11-28(12-14-29)19-9-10-26-20(27-19)16-5-2-1-3-6-16/h1-10,15H,11-14H2. The summed E-state index contributed by atoms with van der Waals surface area (Å²) in [5, 5.41) is 0. The molecule has 1 saturated heterocycles. The maximum absolute atomic E-state index is 12.9. The maximum Gasteiger partial charge on any atom is 0.416 e. The zero-order chi connectivity index (χ0) is 21.1. The molecule has 8 heteroatoms. The lowest BCUT2D eigenvalue weighted by molar-refractivity contribution is -0.137. The zero-order valence-electron chi connectivity index (χ0n) is 16.0. The summed E-state index contributed by atoms with van der Waals surface area (Å²) in [7, 11) is 0. The van der Waals surface area contributed by atoms with Crippen molar-refractivity contribution >= 4 is 11.7 Å². The summed E-state index contributed by atoms with van der Waals surface area (Å²) in [5.74, 6) is 0.985. The first kappa shape index (κ1) is 19.9. The van der Waals surface area contributed by atoms with Gasteiger partial charge in [0.2, 0.25) is 0 Å². The number of aromatic nitrogens is 2. The first-order valence-corrected chi connectivity index (χ1v) is 9.52. The Morgan fingerprint density at radius 3 is 2.33 bits per heavy atom. The topological polar surface area (TPSA) is 49.3 Å². The molecule has 0 aliphatic carbocycles. The van der Waals surface area contributed by atoms with Crippen molar-refractivity contribution in [1.29, 1.82) is 0 Å². The molecule has 0 unspecified atom stereocenters. The fourth-order valence-corrected chi connectivity index (χ4v) is 3.40. The van der Waals surface area contributed by atoms with E-state index in [2.05, 4.69) is 9.97 Å². The predicted molar refractivity (Wildman–Crippen MR) is 107 cm³/mol. The third-order valence-electron chi connectivity index (χ3n) is 5.00. The molecule has 5 nitrogen and oxygen atoms in total. The molecule has 1 aliphatic heterocycles. The van der Waals surface area contributed by atoms with Crippen LogP contribution in [0.1, 0.15) is 15.9 Å². The molecule has 3 aromatic rings. The van der Waals surface area contributed by atoms with Crippen molar-refractivity contribution in [2.24, 2.45) is 0 Å². The first-order valence-electron chi connectivity index (χ1n) is 9.52. The van der Waals surface area contributed by atoms with Gasteiger partial charge in [-0.1, -0.05) is 36.4 Å².